The Morgan fingerprint density at radius 2 is 1.03 bits per heavy atom. The lowest BCUT2D eigenvalue weighted by molar-refractivity contribution is -0.385. The standard InChI is InChI=1S/C20H16Cl2N2O5S.C12H7Cl2IN2O4.C8H10OS/c1-27-14-5-3-12(4-6-14)11-30-18-9-19(23-10-17(18)28-2)29-20-15(21)7-13(24(25)26)8-16(20)22;1-20-10-5-16-11(4-9(10)15)21-12-7(13)2-6(17(18)19)3-8(12)14;1-9-8-4-2-7(6-10)3-5-8/h3-10H,11H2,1-2H3;2-5H,1H3;2-5,10H,6H2,1H3. The number of nitro groups is 2. The van der Waals surface area contributed by atoms with Gasteiger partial charge in [-0.1, -0.05) is 70.7 Å². The number of hydrogen-bond acceptors (Lipinski definition) is 14. The quantitative estimate of drug-likeness (QED) is 0.0360. The van der Waals surface area contributed by atoms with E-state index in [-0.39, 0.29) is 54.7 Å². The van der Waals surface area contributed by atoms with E-state index in [0.717, 1.165) is 43.4 Å². The molecule has 0 saturated carbocycles. The van der Waals surface area contributed by atoms with Gasteiger partial charge >= 0.3 is 0 Å². The fourth-order valence-electron chi connectivity index (χ4n) is 4.66. The number of aromatic nitrogens is 2. The van der Waals surface area contributed by atoms with Crippen LogP contribution in [0.1, 0.15) is 11.1 Å². The number of hydrogen-bond donors (Lipinski definition) is 1. The lowest BCUT2D eigenvalue weighted by Gasteiger charge is -2.12. The molecule has 14 nitrogen and oxygen atoms in total. The fourth-order valence-corrected chi connectivity index (χ4v) is 7.58. The van der Waals surface area contributed by atoms with Crippen LogP contribution in [0.25, 0.3) is 0 Å². The zero-order chi connectivity index (χ0) is 44.6. The average Bonchev–Trinajstić information content (AvgIpc) is 3.26. The Kier molecular flexibility index (Phi) is 19.4. The van der Waals surface area contributed by atoms with Crippen LogP contribution in [0, 0.1) is 23.8 Å². The summed E-state index contributed by atoms with van der Waals surface area (Å²) in [5, 5.41) is 21.7. The molecule has 6 aromatic rings. The monoisotopic (exact) mass is 1060 g/mol. The first-order valence-electron chi connectivity index (χ1n) is 17.1. The summed E-state index contributed by atoms with van der Waals surface area (Å²) in [6.45, 7) is 0. The van der Waals surface area contributed by atoms with E-state index in [1.165, 1.54) is 49.0 Å². The van der Waals surface area contributed by atoms with Crippen molar-refractivity contribution in [3.63, 3.8) is 0 Å². The molecule has 2 aromatic heterocycles. The molecular formula is C40H33Cl4IN4O10S2. The van der Waals surface area contributed by atoms with E-state index in [1.807, 2.05) is 48.5 Å². The summed E-state index contributed by atoms with van der Waals surface area (Å²) >= 11 is 31.9. The minimum absolute atomic E-state index is 0.0132. The van der Waals surface area contributed by atoms with Crippen molar-refractivity contribution >= 4 is 105 Å². The molecule has 0 unspecified atom stereocenters. The molecule has 61 heavy (non-hydrogen) atoms. The Labute approximate surface area is 393 Å². The molecule has 6 rings (SSSR count). The summed E-state index contributed by atoms with van der Waals surface area (Å²) in [6, 6.07) is 23.6. The van der Waals surface area contributed by atoms with Crippen LogP contribution in [-0.2, 0) is 11.5 Å². The normalized spacial score (nSPS) is 10.3. The van der Waals surface area contributed by atoms with Crippen molar-refractivity contribution in [3.05, 3.63) is 152 Å². The van der Waals surface area contributed by atoms with Crippen LogP contribution in [0.15, 0.2) is 102 Å². The van der Waals surface area contributed by atoms with E-state index in [4.69, 9.17) is 74.8 Å². The van der Waals surface area contributed by atoms with Gasteiger partial charge < -0.3 is 28.4 Å². The van der Waals surface area contributed by atoms with Gasteiger partial charge in [-0.25, -0.2) is 9.97 Å². The van der Waals surface area contributed by atoms with Gasteiger partial charge in [0.25, 0.3) is 11.4 Å². The van der Waals surface area contributed by atoms with Crippen LogP contribution in [-0.4, -0.2) is 48.3 Å². The van der Waals surface area contributed by atoms with Gasteiger partial charge in [0.05, 0.1) is 79.2 Å². The lowest BCUT2D eigenvalue weighted by Crippen LogP contribution is -1.95. The highest BCUT2D eigenvalue weighted by atomic mass is 127. The first-order chi connectivity index (χ1) is 29.2. The van der Waals surface area contributed by atoms with Crippen molar-refractivity contribution in [2.24, 2.45) is 0 Å². The first-order valence-corrected chi connectivity index (χ1v) is 21.3. The van der Waals surface area contributed by atoms with Gasteiger partial charge in [-0.3, -0.25) is 20.2 Å². The molecule has 4 aromatic carbocycles. The number of nitro benzene ring substituents is 2. The molecule has 0 bridgehead atoms. The van der Waals surface area contributed by atoms with Gasteiger partial charge in [-0.15, -0.1) is 11.8 Å². The fraction of sp³-hybridized carbons (Fsp3) is 0.150. The smallest absolute Gasteiger partial charge is 0.272 e. The average molecular weight is 1060 g/mol. The highest BCUT2D eigenvalue weighted by Gasteiger charge is 2.19. The second-order valence-electron chi connectivity index (χ2n) is 11.7. The third-order valence-corrected chi connectivity index (χ3v) is 11.2. The predicted octanol–water partition coefficient (Wildman–Crippen LogP) is 13.2. The van der Waals surface area contributed by atoms with Crippen molar-refractivity contribution in [1.29, 1.82) is 0 Å². The number of pyridine rings is 2. The summed E-state index contributed by atoms with van der Waals surface area (Å²) in [5.74, 6) is 5.01. The number of thiol groups is 1. The molecule has 0 atom stereocenters. The zero-order valence-corrected chi connectivity index (χ0v) is 39.2. The maximum atomic E-state index is 10.9. The van der Waals surface area contributed by atoms with E-state index in [9.17, 15) is 20.2 Å². The van der Waals surface area contributed by atoms with Crippen molar-refractivity contribution in [3.8, 4) is 46.3 Å². The molecule has 2 heterocycles. The number of ether oxygens (including phenoxy) is 6. The Morgan fingerprint density at radius 1 is 0.623 bits per heavy atom. The van der Waals surface area contributed by atoms with Crippen molar-refractivity contribution in [2.75, 3.05) is 28.4 Å². The molecule has 21 heteroatoms. The van der Waals surface area contributed by atoms with Crippen LogP contribution in [0.2, 0.25) is 20.1 Å². The molecule has 0 saturated heterocycles. The van der Waals surface area contributed by atoms with Gasteiger partial charge in [-0.05, 0) is 58.0 Å². The van der Waals surface area contributed by atoms with E-state index >= 15 is 0 Å². The molecule has 0 aliphatic heterocycles. The zero-order valence-electron chi connectivity index (χ0n) is 32.3. The maximum Gasteiger partial charge on any atom is 0.272 e. The van der Waals surface area contributed by atoms with E-state index in [0.29, 0.717) is 17.3 Å². The number of benzene rings is 4. The molecule has 0 amide bonds. The minimum atomic E-state index is -0.587. The minimum Gasteiger partial charge on any atom is -0.497 e. The first kappa shape index (κ1) is 49.0. The molecule has 0 N–H and O–H groups in total. The van der Waals surface area contributed by atoms with Gasteiger partial charge in [0, 0.05) is 47.9 Å². The van der Waals surface area contributed by atoms with Crippen LogP contribution in [0.3, 0.4) is 0 Å². The molecule has 0 radical (unpaired) electrons. The number of nitrogens with zero attached hydrogens (tertiary/aromatic N) is 4. The van der Waals surface area contributed by atoms with E-state index in [2.05, 4.69) is 45.2 Å². The van der Waals surface area contributed by atoms with Gasteiger partial charge in [0.15, 0.2) is 23.0 Å². The van der Waals surface area contributed by atoms with Crippen LogP contribution >= 0.6 is 93.4 Å². The molecule has 0 aliphatic carbocycles. The summed E-state index contributed by atoms with van der Waals surface area (Å²) in [6.07, 6.45) is 3.02. The molecule has 0 fully saturated rings. The highest BCUT2D eigenvalue weighted by molar-refractivity contribution is 14.1. The SMILES string of the molecule is COc1ccc(CS)cc1.COc1ccc(CSc2cc(Oc3c(Cl)cc([N+](=O)[O-])cc3Cl)ncc2OC)cc1.COc1cnc(Oc2c(Cl)cc([N+](=O)[O-])cc2Cl)cc1I. The van der Waals surface area contributed by atoms with Crippen molar-refractivity contribution in [2.45, 2.75) is 16.4 Å². The number of thioether (sulfide) groups is 1. The van der Waals surface area contributed by atoms with E-state index < -0.39 is 9.85 Å². The maximum absolute atomic E-state index is 10.9. The third kappa shape index (κ3) is 14.5. The van der Waals surface area contributed by atoms with Gasteiger partial charge in [0.1, 0.15) is 11.5 Å². The largest absolute Gasteiger partial charge is 0.497 e. The second kappa shape index (κ2) is 24.1. The molecule has 0 spiro atoms. The molecule has 0 aliphatic rings. The number of rotatable bonds is 14. The van der Waals surface area contributed by atoms with Gasteiger partial charge in [0.2, 0.25) is 11.8 Å². The van der Waals surface area contributed by atoms with Gasteiger partial charge in [-0.2, -0.15) is 12.6 Å². The predicted molar refractivity (Wildman–Crippen MR) is 249 cm³/mol. The lowest BCUT2D eigenvalue weighted by atomic mass is 10.2. The Bertz CT molecular complexity index is 2390. The summed E-state index contributed by atoms with van der Waals surface area (Å²) in [5.41, 5.74) is 1.87. The third-order valence-electron chi connectivity index (χ3n) is 7.74. The van der Waals surface area contributed by atoms with Crippen LogP contribution < -0.4 is 28.4 Å². The van der Waals surface area contributed by atoms with Crippen LogP contribution in [0.5, 0.6) is 46.3 Å². The summed E-state index contributed by atoms with van der Waals surface area (Å²) in [4.78, 5) is 29.5. The molecule has 320 valence electrons. The Balaban J connectivity index is 0.000000228. The topological polar surface area (TPSA) is 167 Å². The summed E-state index contributed by atoms with van der Waals surface area (Å²) < 4.78 is 32.6. The van der Waals surface area contributed by atoms with E-state index in [1.54, 1.807) is 33.5 Å². The number of methoxy groups -OCH3 is 4. The Morgan fingerprint density at radius 3 is 1.41 bits per heavy atom. The van der Waals surface area contributed by atoms with Crippen molar-refractivity contribution < 1.29 is 38.3 Å². The second-order valence-corrected chi connectivity index (χ2v) is 15.8. The molecular weight excluding hydrogens is 1030 g/mol. The Hall–Kier alpha value is -4.63. The summed E-state index contributed by atoms with van der Waals surface area (Å²) in [7, 11) is 6.37. The number of non-ortho nitro benzene ring substituents is 2. The highest BCUT2D eigenvalue weighted by Crippen LogP contribution is 2.42. The van der Waals surface area contributed by atoms with Crippen molar-refractivity contribution in [1.82, 2.24) is 9.97 Å². The van der Waals surface area contributed by atoms with Crippen LogP contribution in [0.4, 0.5) is 11.4 Å². The number of halogens is 5.